The summed E-state index contributed by atoms with van der Waals surface area (Å²) in [5.74, 6) is -1.49. The van der Waals surface area contributed by atoms with Crippen LogP contribution in [0.2, 0.25) is 0 Å². The van der Waals surface area contributed by atoms with Gasteiger partial charge < -0.3 is 14.8 Å². The maximum atomic E-state index is 12.3. The molecule has 1 amide bonds. The molecule has 0 heterocycles. The van der Waals surface area contributed by atoms with E-state index in [-0.39, 0.29) is 11.1 Å². The first-order valence-electron chi connectivity index (χ1n) is 7.21. The number of hydrogen-bond donors (Lipinski definition) is 1. The standard InChI is InChI=1S/C17H21NO5/c1-4-5-6-10-14(17(21)23-3)18-15(19)12-8-7-9-13(11-12)16(20)22-2/h4,7-9,11,14H,1,5-6,10H2,2-3H3,(H,18,19)/t14-/m1/s1. The summed E-state index contributed by atoms with van der Waals surface area (Å²) in [7, 11) is 2.54. The maximum absolute atomic E-state index is 12.3. The molecule has 0 aromatic heterocycles. The van der Waals surface area contributed by atoms with Crippen molar-refractivity contribution >= 4 is 17.8 Å². The van der Waals surface area contributed by atoms with E-state index in [2.05, 4.69) is 16.6 Å². The van der Waals surface area contributed by atoms with Crippen LogP contribution >= 0.6 is 0 Å². The largest absolute Gasteiger partial charge is 0.467 e. The normalized spacial score (nSPS) is 11.2. The molecule has 0 saturated carbocycles. The Morgan fingerprint density at radius 3 is 2.52 bits per heavy atom. The molecule has 1 rings (SSSR count). The second kappa shape index (κ2) is 9.40. The van der Waals surface area contributed by atoms with Gasteiger partial charge in [0, 0.05) is 5.56 Å². The minimum atomic E-state index is -0.741. The predicted molar refractivity (Wildman–Crippen MR) is 85.1 cm³/mol. The van der Waals surface area contributed by atoms with Crippen LogP contribution < -0.4 is 5.32 Å². The van der Waals surface area contributed by atoms with Gasteiger partial charge in [-0.2, -0.15) is 0 Å². The zero-order valence-electron chi connectivity index (χ0n) is 13.3. The number of hydrogen-bond acceptors (Lipinski definition) is 5. The lowest BCUT2D eigenvalue weighted by Crippen LogP contribution is -2.41. The van der Waals surface area contributed by atoms with Crippen LogP contribution in [0.3, 0.4) is 0 Å². The monoisotopic (exact) mass is 319 g/mol. The van der Waals surface area contributed by atoms with Crippen molar-refractivity contribution in [3.8, 4) is 0 Å². The lowest BCUT2D eigenvalue weighted by molar-refractivity contribution is -0.143. The summed E-state index contributed by atoms with van der Waals surface area (Å²) in [6, 6.07) is 5.35. The number of allylic oxidation sites excluding steroid dienone is 1. The van der Waals surface area contributed by atoms with Gasteiger partial charge in [0.05, 0.1) is 19.8 Å². The number of unbranched alkanes of at least 4 members (excludes halogenated alkanes) is 1. The number of rotatable bonds is 8. The first-order chi connectivity index (χ1) is 11.0. The maximum Gasteiger partial charge on any atom is 0.337 e. The van der Waals surface area contributed by atoms with E-state index in [1.807, 2.05) is 0 Å². The average molecular weight is 319 g/mol. The van der Waals surface area contributed by atoms with Crippen molar-refractivity contribution in [1.82, 2.24) is 5.32 Å². The summed E-state index contributed by atoms with van der Waals surface area (Å²) in [4.78, 5) is 35.5. The molecule has 0 aliphatic carbocycles. The molecule has 23 heavy (non-hydrogen) atoms. The molecule has 0 radical (unpaired) electrons. The Morgan fingerprint density at radius 1 is 1.22 bits per heavy atom. The molecule has 124 valence electrons. The molecule has 1 aromatic rings. The summed E-state index contributed by atoms with van der Waals surface area (Å²) in [6.45, 7) is 3.62. The number of ether oxygens (including phenoxy) is 2. The fourth-order valence-electron chi connectivity index (χ4n) is 2.00. The smallest absolute Gasteiger partial charge is 0.337 e. The second-order valence-electron chi connectivity index (χ2n) is 4.84. The van der Waals surface area contributed by atoms with Crippen LogP contribution in [0.25, 0.3) is 0 Å². The molecule has 1 N–H and O–H groups in total. The third kappa shape index (κ3) is 5.58. The lowest BCUT2D eigenvalue weighted by atomic mass is 10.1. The van der Waals surface area contributed by atoms with Gasteiger partial charge in [-0.05, 0) is 37.5 Å². The highest BCUT2D eigenvalue weighted by molar-refractivity contribution is 5.99. The number of nitrogens with one attached hydrogen (secondary N) is 1. The van der Waals surface area contributed by atoms with E-state index >= 15 is 0 Å². The number of amides is 1. The lowest BCUT2D eigenvalue weighted by Gasteiger charge is -2.16. The Morgan fingerprint density at radius 2 is 1.91 bits per heavy atom. The average Bonchev–Trinajstić information content (AvgIpc) is 2.59. The fraction of sp³-hybridized carbons (Fsp3) is 0.353. The SMILES string of the molecule is C=CCCC[C@@H](NC(=O)c1cccc(C(=O)OC)c1)C(=O)OC. The van der Waals surface area contributed by atoms with E-state index in [0.717, 1.165) is 6.42 Å². The number of carbonyl (C=O) groups excluding carboxylic acids is 3. The topological polar surface area (TPSA) is 81.7 Å². The van der Waals surface area contributed by atoms with Crippen LogP contribution in [0.5, 0.6) is 0 Å². The van der Waals surface area contributed by atoms with E-state index in [9.17, 15) is 14.4 Å². The molecule has 0 aliphatic rings. The summed E-state index contributed by atoms with van der Waals surface area (Å²) in [5.41, 5.74) is 0.534. The van der Waals surface area contributed by atoms with Gasteiger partial charge in [-0.3, -0.25) is 4.79 Å². The van der Waals surface area contributed by atoms with E-state index < -0.39 is 23.9 Å². The van der Waals surface area contributed by atoms with Crippen molar-refractivity contribution in [3.05, 3.63) is 48.0 Å². The van der Waals surface area contributed by atoms with Crippen LogP contribution in [0.15, 0.2) is 36.9 Å². The van der Waals surface area contributed by atoms with Crippen molar-refractivity contribution in [3.63, 3.8) is 0 Å². The molecule has 0 unspecified atom stereocenters. The summed E-state index contributed by atoms with van der Waals surface area (Å²) in [5, 5.41) is 2.63. The van der Waals surface area contributed by atoms with Gasteiger partial charge in [-0.25, -0.2) is 9.59 Å². The van der Waals surface area contributed by atoms with Gasteiger partial charge in [-0.1, -0.05) is 12.1 Å². The molecule has 6 nitrogen and oxygen atoms in total. The zero-order chi connectivity index (χ0) is 17.2. The second-order valence-corrected chi connectivity index (χ2v) is 4.84. The van der Waals surface area contributed by atoms with Crippen molar-refractivity contribution in [1.29, 1.82) is 0 Å². The van der Waals surface area contributed by atoms with Gasteiger partial charge in [0.1, 0.15) is 6.04 Å². The molecule has 0 aliphatic heterocycles. The van der Waals surface area contributed by atoms with E-state index in [0.29, 0.717) is 12.8 Å². The predicted octanol–water partition coefficient (Wildman–Crippen LogP) is 2.10. The Kier molecular flexibility index (Phi) is 7.53. The zero-order valence-corrected chi connectivity index (χ0v) is 13.3. The quantitative estimate of drug-likeness (QED) is 0.451. The van der Waals surface area contributed by atoms with Crippen molar-refractivity contribution in [2.24, 2.45) is 0 Å². The minimum Gasteiger partial charge on any atom is -0.467 e. The van der Waals surface area contributed by atoms with Gasteiger partial charge >= 0.3 is 11.9 Å². The van der Waals surface area contributed by atoms with Gasteiger partial charge in [0.25, 0.3) is 5.91 Å². The number of benzene rings is 1. The molecular formula is C17H21NO5. The van der Waals surface area contributed by atoms with Gasteiger partial charge in [0.2, 0.25) is 0 Å². The third-order valence-electron chi connectivity index (χ3n) is 3.24. The Balaban J connectivity index is 2.83. The Hall–Kier alpha value is -2.63. The van der Waals surface area contributed by atoms with Crippen molar-refractivity contribution < 1.29 is 23.9 Å². The van der Waals surface area contributed by atoms with Gasteiger partial charge in [-0.15, -0.1) is 6.58 Å². The first kappa shape index (κ1) is 18.4. The van der Waals surface area contributed by atoms with Gasteiger partial charge in [0.15, 0.2) is 0 Å². The Labute approximate surface area is 135 Å². The van der Waals surface area contributed by atoms with Crippen LogP contribution in [-0.2, 0) is 14.3 Å². The molecule has 0 bridgehead atoms. The van der Waals surface area contributed by atoms with Crippen molar-refractivity contribution in [2.75, 3.05) is 14.2 Å². The van der Waals surface area contributed by atoms with Crippen LogP contribution in [0, 0.1) is 0 Å². The minimum absolute atomic E-state index is 0.265. The number of carbonyl (C=O) groups is 3. The molecule has 0 fully saturated rings. The molecule has 1 aromatic carbocycles. The van der Waals surface area contributed by atoms with Crippen molar-refractivity contribution in [2.45, 2.75) is 25.3 Å². The summed E-state index contributed by atoms with van der Waals surface area (Å²) in [6.07, 6.45) is 3.63. The number of esters is 2. The molecular weight excluding hydrogens is 298 g/mol. The molecule has 0 saturated heterocycles. The van der Waals surface area contributed by atoms with E-state index in [1.165, 1.54) is 20.3 Å². The molecule has 1 atom stereocenters. The highest BCUT2D eigenvalue weighted by Gasteiger charge is 2.22. The highest BCUT2D eigenvalue weighted by Crippen LogP contribution is 2.09. The first-order valence-corrected chi connectivity index (χ1v) is 7.21. The molecule has 0 spiro atoms. The van der Waals surface area contributed by atoms with Crippen LogP contribution in [0.4, 0.5) is 0 Å². The van der Waals surface area contributed by atoms with E-state index in [1.54, 1.807) is 24.3 Å². The van der Waals surface area contributed by atoms with Crippen LogP contribution in [0.1, 0.15) is 40.0 Å². The number of methoxy groups -OCH3 is 2. The summed E-state index contributed by atoms with van der Waals surface area (Å²) < 4.78 is 9.32. The third-order valence-corrected chi connectivity index (χ3v) is 3.24. The Bertz CT molecular complexity index is 582. The fourth-order valence-corrected chi connectivity index (χ4v) is 2.00. The molecule has 6 heteroatoms. The van der Waals surface area contributed by atoms with E-state index in [4.69, 9.17) is 4.74 Å². The van der Waals surface area contributed by atoms with Crippen LogP contribution in [-0.4, -0.2) is 38.1 Å². The highest BCUT2D eigenvalue weighted by atomic mass is 16.5. The summed E-state index contributed by atoms with van der Waals surface area (Å²) >= 11 is 0.